The van der Waals surface area contributed by atoms with Gasteiger partial charge >= 0.3 is 6.09 Å². The van der Waals surface area contributed by atoms with Crippen molar-refractivity contribution in [1.82, 2.24) is 4.90 Å². The summed E-state index contributed by atoms with van der Waals surface area (Å²) in [6.45, 7) is 5.29. The van der Waals surface area contributed by atoms with Gasteiger partial charge < -0.3 is 19.3 Å². The lowest BCUT2D eigenvalue weighted by molar-refractivity contribution is -0.150. The maximum atomic E-state index is 13.4. The van der Waals surface area contributed by atoms with E-state index in [0.717, 1.165) is 0 Å². The van der Waals surface area contributed by atoms with Crippen molar-refractivity contribution in [2.24, 2.45) is 5.92 Å². The van der Waals surface area contributed by atoms with Crippen LogP contribution in [0.4, 0.5) is 4.79 Å². The van der Waals surface area contributed by atoms with Crippen molar-refractivity contribution in [3.63, 3.8) is 0 Å². The number of allylic oxidation sites excluding steroid dienone is 4. The average molecular weight is 447 g/mol. The minimum Gasteiger partial charge on any atom is -0.445 e. The Kier molecular flexibility index (Phi) is 4.40. The van der Waals surface area contributed by atoms with E-state index in [2.05, 4.69) is 30.3 Å². The zero-order chi connectivity index (χ0) is 23.6. The Morgan fingerprint density at radius 2 is 2.15 bits per heavy atom. The SMILES string of the molecule is C=CCOC(=O)N1[C@H]2C#CC=CC#C[C@]3(O)C(=O)C[C@H](C)[C@]24O[C@]43C2=CC(=O)C=CC21OC. The highest BCUT2D eigenvalue weighted by Gasteiger charge is 2.93. The highest BCUT2D eigenvalue weighted by atomic mass is 16.7. The lowest BCUT2D eigenvalue weighted by Crippen LogP contribution is -2.76. The molecular formula is C25H21NO7. The number of fused-ring (bicyclic) bond motifs is 1. The highest BCUT2D eigenvalue weighted by molar-refractivity contribution is 6.04. The number of epoxide rings is 1. The van der Waals surface area contributed by atoms with Gasteiger partial charge in [0.25, 0.3) is 0 Å². The summed E-state index contributed by atoms with van der Waals surface area (Å²) in [5, 5.41) is 11.8. The van der Waals surface area contributed by atoms with Crippen LogP contribution in [0.2, 0.25) is 0 Å². The van der Waals surface area contributed by atoms with E-state index in [1.54, 1.807) is 6.92 Å². The van der Waals surface area contributed by atoms with E-state index in [1.165, 1.54) is 48.5 Å². The second-order valence-electron chi connectivity index (χ2n) is 8.54. The Morgan fingerprint density at radius 3 is 2.88 bits per heavy atom. The van der Waals surface area contributed by atoms with Crippen LogP contribution in [-0.4, -0.2) is 70.0 Å². The molecule has 8 heteroatoms. The lowest BCUT2D eigenvalue weighted by atomic mass is 9.54. The van der Waals surface area contributed by atoms with Crippen molar-refractivity contribution in [1.29, 1.82) is 0 Å². The monoisotopic (exact) mass is 447 g/mol. The van der Waals surface area contributed by atoms with Crippen LogP contribution in [0.15, 0.2) is 48.6 Å². The van der Waals surface area contributed by atoms with Gasteiger partial charge in [-0.1, -0.05) is 43.3 Å². The number of aliphatic hydroxyl groups is 1. The maximum Gasteiger partial charge on any atom is 0.414 e. The van der Waals surface area contributed by atoms with E-state index in [-0.39, 0.29) is 18.6 Å². The largest absolute Gasteiger partial charge is 0.445 e. The average Bonchev–Trinajstić information content (AvgIpc) is 3.53. The van der Waals surface area contributed by atoms with Gasteiger partial charge in [-0.05, 0) is 36.3 Å². The minimum atomic E-state index is -2.28. The smallest absolute Gasteiger partial charge is 0.414 e. The predicted octanol–water partition coefficient (Wildman–Crippen LogP) is 0.826. The molecule has 1 saturated carbocycles. The molecule has 0 spiro atoms. The van der Waals surface area contributed by atoms with Crippen molar-refractivity contribution >= 4 is 17.7 Å². The van der Waals surface area contributed by atoms with Gasteiger partial charge in [0.05, 0.1) is 0 Å². The molecule has 0 aromatic carbocycles. The van der Waals surface area contributed by atoms with Crippen LogP contribution in [0.1, 0.15) is 13.3 Å². The minimum absolute atomic E-state index is 0.0541. The molecule has 8 nitrogen and oxygen atoms in total. The number of Topliss-reactive ketones (excluding diaryl/α,β-unsaturated/α-hetero) is 1. The quantitative estimate of drug-likeness (QED) is 0.388. The van der Waals surface area contributed by atoms with Crippen LogP contribution in [0.25, 0.3) is 0 Å². The molecule has 3 aliphatic carbocycles. The summed E-state index contributed by atoms with van der Waals surface area (Å²) < 4.78 is 17.6. The van der Waals surface area contributed by atoms with Crippen LogP contribution in [0, 0.1) is 29.6 Å². The lowest BCUT2D eigenvalue weighted by Gasteiger charge is -2.55. The normalized spacial score (nSPS) is 41.3. The number of ketones is 2. The molecule has 1 unspecified atom stereocenters. The fourth-order valence-electron chi connectivity index (χ4n) is 5.71. The number of hydrogen-bond donors (Lipinski definition) is 1. The zero-order valence-corrected chi connectivity index (χ0v) is 18.1. The summed E-state index contributed by atoms with van der Waals surface area (Å²) in [7, 11) is 1.35. The molecule has 2 aliphatic heterocycles. The van der Waals surface area contributed by atoms with Crippen LogP contribution in [-0.2, 0) is 23.8 Å². The molecule has 1 N–H and O–H groups in total. The topological polar surface area (TPSA) is 106 Å². The molecule has 2 heterocycles. The van der Waals surface area contributed by atoms with Crippen molar-refractivity contribution in [2.75, 3.05) is 13.7 Å². The molecule has 0 aromatic rings. The number of carbonyl (C=O) groups excluding carboxylic acids is 3. The first-order valence-corrected chi connectivity index (χ1v) is 10.5. The van der Waals surface area contributed by atoms with Crippen LogP contribution < -0.4 is 0 Å². The molecule has 3 fully saturated rings. The number of rotatable bonds is 3. The molecule has 6 atom stereocenters. The van der Waals surface area contributed by atoms with Crippen molar-refractivity contribution in [3.8, 4) is 23.7 Å². The molecule has 5 aliphatic rings. The third-order valence-corrected chi connectivity index (χ3v) is 7.07. The van der Waals surface area contributed by atoms with E-state index < -0.39 is 52.1 Å². The molecule has 2 saturated heterocycles. The van der Waals surface area contributed by atoms with Crippen molar-refractivity contribution in [3.05, 3.63) is 48.6 Å². The molecule has 1 amide bonds. The van der Waals surface area contributed by atoms with Gasteiger partial charge in [-0.3, -0.25) is 14.5 Å². The Morgan fingerprint density at radius 1 is 1.39 bits per heavy atom. The summed E-state index contributed by atoms with van der Waals surface area (Å²) in [5.41, 5.74) is -6.94. The Labute approximate surface area is 190 Å². The van der Waals surface area contributed by atoms with Gasteiger partial charge in [-0.25, -0.2) is 4.79 Å². The fourth-order valence-corrected chi connectivity index (χ4v) is 5.71. The number of carbonyl (C=O) groups is 3. The van der Waals surface area contributed by atoms with Gasteiger partial charge in [0.2, 0.25) is 5.60 Å². The summed E-state index contributed by atoms with van der Waals surface area (Å²) >= 11 is 0. The van der Waals surface area contributed by atoms with Gasteiger partial charge in [0.1, 0.15) is 18.2 Å². The van der Waals surface area contributed by atoms with E-state index in [9.17, 15) is 19.5 Å². The number of piperidine rings is 1. The second kappa shape index (κ2) is 6.79. The van der Waals surface area contributed by atoms with Gasteiger partial charge in [0.15, 0.2) is 22.9 Å². The van der Waals surface area contributed by atoms with Crippen LogP contribution >= 0.6 is 0 Å². The van der Waals surface area contributed by atoms with Crippen LogP contribution in [0.5, 0.6) is 0 Å². The first kappa shape index (κ1) is 21.4. The van der Waals surface area contributed by atoms with E-state index in [0.29, 0.717) is 0 Å². The van der Waals surface area contributed by atoms with Crippen molar-refractivity contribution < 1.29 is 33.7 Å². The molecule has 0 aromatic heterocycles. The number of likely N-dealkylation sites (tertiary alicyclic amines) is 1. The van der Waals surface area contributed by atoms with Crippen LogP contribution in [0.3, 0.4) is 0 Å². The fraction of sp³-hybridized carbons (Fsp3) is 0.400. The van der Waals surface area contributed by atoms with E-state index in [4.69, 9.17) is 14.2 Å². The Bertz CT molecular complexity index is 1220. The second-order valence-corrected chi connectivity index (χ2v) is 8.54. The van der Waals surface area contributed by atoms with Gasteiger partial charge in [-0.15, -0.1) is 0 Å². The Hall–Kier alpha value is -3.43. The first-order chi connectivity index (χ1) is 15.7. The summed E-state index contributed by atoms with van der Waals surface area (Å²) in [6, 6.07) is -0.996. The number of amides is 1. The number of nitrogens with zero attached hydrogens (tertiary/aromatic N) is 1. The maximum absolute atomic E-state index is 13.4. The third kappa shape index (κ3) is 2.30. The van der Waals surface area contributed by atoms with E-state index in [1.807, 2.05) is 0 Å². The third-order valence-electron chi connectivity index (χ3n) is 7.07. The number of methoxy groups -OCH3 is 1. The molecule has 33 heavy (non-hydrogen) atoms. The molecule has 168 valence electrons. The van der Waals surface area contributed by atoms with Crippen molar-refractivity contribution in [2.45, 2.75) is 41.9 Å². The molecular weight excluding hydrogens is 426 g/mol. The first-order valence-electron chi connectivity index (χ1n) is 10.5. The number of ether oxygens (including phenoxy) is 3. The molecule has 4 bridgehead atoms. The molecule has 0 radical (unpaired) electrons. The number of hydrogen-bond acceptors (Lipinski definition) is 7. The summed E-state index contributed by atoms with van der Waals surface area (Å²) in [6.07, 6.45) is 7.35. The molecule has 5 rings (SSSR count). The standard InChI is InChI=1S/C25H21NO7/c1-4-13-32-21(29)26-19-9-7-5-6-8-11-22(30)20(28)14-16(2)24(19)25(22,33-24)18-15-17(27)10-12-23(18,26)31-3/h4-6,10,12,15-16,19,30H,1,13-14H2,2-3H3/t16-,19-,22-,23?,24-,25-/m0/s1. The summed E-state index contributed by atoms with van der Waals surface area (Å²) in [5.74, 6) is 9.85. The highest BCUT2D eigenvalue weighted by Crippen LogP contribution is 2.73. The predicted molar refractivity (Wildman–Crippen MR) is 114 cm³/mol. The van der Waals surface area contributed by atoms with E-state index >= 15 is 0 Å². The Balaban J connectivity index is 1.87. The van der Waals surface area contributed by atoms with Gasteiger partial charge in [0, 0.05) is 19.1 Å². The van der Waals surface area contributed by atoms with Gasteiger partial charge in [-0.2, -0.15) is 0 Å². The summed E-state index contributed by atoms with van der Waals surface area (Å²) in [4.78, 5) is 40.5. The zero-order valence-electron chi connectivity index (χ0n) is 18.1.